The van der Waals surface area contributed by atoms with Crippen LogP contribution in [0.2, 0.25) is 5.15 Å². The number of anilines is 1. The fraction of sp³-hybridized carbons (Fsp3) is 0.583. The van der Waals surface area contributed by atoms with E-state index in [2.05, 4.69) is 37.4 Å². The first kappa shape index (κ1) is 25.0. The Morgan fingerprint density at radius 1 is 1.32 bits per heavy atom. The molecule has 2 aromatic heterocycles. The predicted molar refractivity (Wildman–Crippen MR) is 137 cm³/mol. The number of piperazine rings is 1. The fourth-order valence-corrected chi connectivity index (χ4v) is 7.60. The maximum Gasteiger partial charge on any atom is 0.407 e. The van der Waals surface area contributed by atoms with Gasteiger partial charge in [-0.05, 0) is 48.2 Å². The standard InChI is InChI=1S/C24H26BrClF2N6O3/c1-2-14-15-5-4-13(34(15)23(35)36)10-33(14)21-16-18(17(28)20(26)30-19(16)25)29-22(31-21)37-11-24-6-3-7-32(24)9-12(27)8-24/h2,12-15H,1,3-11H2,(H,35,36)/t12-,13-,14-,15+,24+/m1/s1. The normalized spacial score (nSPS) is 31.2. The number of amides is 1. The van der Waals surface area contributed by atoms with E-state index in [1.165, 1.54) is 4.90 Å². The Morgan fingerprint density at radius 3 is 2.89 bits per heavy atom. The number of fused-ring (bicyclic) bond motifs is 4. The van der Waals surface area contributed by atoms with E-state index < -0.39 is 29.7 Å². The average Bonchev–Trinajstić information content (AvgIpc) is 3.49. The Labute approximate surface area is 225 Å². The molecule has 0 spiro atoms. The van der Waals surface area contributed by atoms with E-state index in [-0.39, 0.29) is 40.0 Å². The molecule has 1 N–H and O–H groups in total. The minimum atomic E-state index is -0.973. The van der Waals surface area contributed by atoms with Crippen LogP contribution in [0.4, 0.5) is 19.4 Å². The first-order valence-corrected chi connectivity index (χ1v) is 13.5. The molecule has 4 saturated heterocycles. The minimum Gasteiger partial charge on any atom is -0.465 e. The third-order valence-electron chi connectivity index (χ3n) is 8.33. The van der Waals surface area contributed by atoms with Gasteiger partial charge < -0.3 is 14.7 Å². The van der Waals surface area contributed by atoms with Gasteiger partial charge >= 0.3 is 12.1 Å². The molecule has 2 aromatic rings. The summed E-state index contributed by atoms with van der Waals surface area (Å²) in [4.78, 5) is 30.6. The summed E-state index contributed by atoms with van der Waals surface area (Å²) in [6.45, 7) is 5.67. The molecule has 4 aliphatic heterocycles. The van der Waals surface area contributed by atoms with Gasteiger partial charge in [0, 0.05) is 19.5 Å². The minimum absolute atomic E-state index is 0.0464. The number of ether oxygens (including phenoxy) is 1. The topological polar surface area (TPSA) is 94.9 Å². The molecule has 1 amide bonds. The van der Waals surface area contributed by atoms with Crippen molar-refractivity contribution in [3.8, 4) is 6.01 Å². The highest BCUT2D eigenvalue weighted by Crippen LogP contribution is 2.43. The number of hydrogen-bond acceptors (Lipinski definition) is 7. The van der Waals surface area contributed by atoms with Crippen molar-refractivity contribution in [3.63, 3.8) is 0 Å². The zero-order chi connectivity index (χ0) is 26.1. The maximum atomic E-state index is 15.3. The van der Waals surface area contributed by atoms with Crippen LogP contribution >= 0.6 is 27.5 Å². The number of carbonyl (C=O) groups is 1. The Bertz CT molecular complexity index is 1290. The van der Waals surface area contributed by atoms with Gasteiger partial charge in [-0.2, -0.15) is 9.97 Å². The highest BCUT2D eigenvalue weighted by molar-refractivity contribution is 9.10. The molecule has 4 aliphatic rings. The highest BCUT2D eigenvalue weighted by atomic mass is 79.9. The van der Waals surface area contributed by atoms with Gasteiger partial charge in [-0.1, -0.05) is 17.7 Å². The van der Waals surface area contributed by atoms with Crippen molar-refractivity contribution < 1.29 is 23.4 Å². The molecule has 0 aromatic carbocycles. The molecule has 5 atom stereocenters. The van der Waals surface area contributed by atoms with Gasteiger partial charge in [0.15, 0.2) is 11.0 Å². The Hall–Kier alpha value is -2.31. The van der Waals surface area contributed by atoms with Crippen LogP contribution in [-0.2, 0) is 0 Å². The van der Waals surface area contributed by atoms with Crippen LogP contribution in [0.5, 0.6) is 6.01 Å². The highest BCUT2D eigenvalue weighted by Gasteiger charge is 2.50. The second kappa shape index (κ2) is 9.16. The van der Waals surface area contributed by atoms with E-state index >= 15 is 4.39 Å². The molecular weight excluding hydrogens is 574 g/mol. The van der Waals surface area contributed by atoms with Gasteiger partial charge in [0.2, 0.25) is 0 Å². The monoisotopic (exact) mass is 598 g/mol. The number of hydrogen-bond donors (Lipinski definition) is 1. The van der Waals surface area contributed by atoms with Crippen molar-refractivity contribution in [1.29, 1.82) is 0 Å². The lowest BCUT2D eigenvalue weighted by Crippen LogP contribution is -2.60. The van der Waals surface area contributed by atoms with Crippen molar-refractivity contribution >= 4 is 50.3 Å². The molecular formula is C24H26BrClF2N6O3. The first-order valence-electron chi connectivity index (χ1n) is 12.4. The Kier molecular flexibility index (Phi) is 6.19. The summed E-state index contributed by atoms with van der Waals surface area (Å²) in [7, 11) is 0. The lowest BCUT2D eigenvalue weighted by molar-refractivity contribution is 0.105. The summed E-state index contributed by atoms with van der Waals surface area (Å²) >= 11 is 9.44. The van der Waals surface area contributed by atoms with Crippen molar-refractivity contribution in [2.24, 2.45) is 0 Å². The summed E-state index contributed by atoms with van der Waals surface area (Å²) in [5.41, 5.74) is -0.485. The number of halogens is 4. The number of carboxylic acid groups (broad SMARTS) is 1. The number of nitrogens with zero attached hydrogens (tertiary/aromatic N) is 6. The third kappa shape index (κ3) is 3.94. The van der Waals surface area contributed by atoms with Gasteiger partial charge in [-0.25, -0.2) is 18.6 Å². The van der Waals surface area contributed by atoms with Crippen LogP contribution in [0, 0.1) is 5.82 Å². The van der Waals surface area contributed by atoms with Gasteiger partial charge in [0.05, 0.1) is 29.1 Å². The average molecular weight is 600 g/mol. The van der Waals surface area contributed by atoms with Gasteiger partial charge in [-0.3, -0.25) is 9.80 Å². The SMILES string of the molecule is C=C[C@@H]1[C@@H]2CC[C@H](CN1c1nc(OC[C@@]34CCCN3C[C@H](F)C4)nc3c(F)c(Cl)nc(Br)c13)N2C(=O)O. The van der Waals surface area contributed by atoms with Gasteiger partial charge in [-0.15, -0.1) is 6.58 Å². The molecule has 0 radical (unpaired) electrons. The maximum absolute atomic E-state index is 15.3. The summed E-state index contributed by atoms with van der Waals surface area (Å²) in [5, 5.41) is 9.77. The second-order valence-electron chi connectivity index (χ2n) is 10.3. The number of alkyl halides is 1. The molecule has 6 heterocycles. The van der Waals surface area contributed by atoms with Crippen LogP contribution < -0.4 is 9.64 Å². The number of aromatic nitrogens is 3. The van der Waals surface area contributed by atoms with Gasteiger partial charge in [0.25, 0.3) is 0 Å². The van der Waals surface area contributed by atoms with Crippen molar-refractivity contribution in [2.75, 3.05) is 31.1 Å². The summed E-state index contributed by atoms with van der Waals surface area (Å²) in [6, 6.07) is -1.02. The molecule has 37 heavy (non-hydrogen) atoms. The first-order chi connectivity index (χ1) is 17.7. The van der Waals surface area contributed by atoms with Crippen LogP contribution in [0.3, 0.4) is 0 Å². The largest absolute Gasteiger partial charge is 0.465 e. The van der Waals surface area contributed by atoms with Crippen molar-refractivity contribution in [3.05, 3.63) is 28.2 Å². The molecule has 0 unspecified atom stereocenters. The molecule has 0 saturated carbocycles. The summed E-state index contributed by atoms with van der Waals surface area (Å²) in [6.07, 6.45) is 3.33. The lowest BCUT2D eigenvalue weighted by Gasteiger charge is -2.45. The van der Waals surface area contributed by atoms with E-state index in [4.69, 9.17) is 21.3 Å². The molecule has 13 heteroatoms. The Morgan fingerprint density at radius 2 is 2.14 bits per heavy atom. The summed E-state index contributed by atoms with van der Waals surface area (Å²) < 4.78 is 35.9. The molecule has 198 valence electrons. The number of pyridine rings is 1. The third-order valence-corrected chi connectivity index (χ3v) is 9.16. The Balaban J connectivity index is 1.42. The fourth-order valence-electron chi connectivity index (χ4n) is 6.78. The molecule has 2 bridgehead atoms. The predicted octanol–water partition coefficient (Wildman–Crippen LogP) is 4.42. The van der Waals surface area contributed by atoms with Crippen LogP contribution in [0.1, 0.15) is 32.1 Å². The molecule has 0 aliphatic carbocycles. The van der Waals surface area contributed by atoms with Gasteiger partial charge in [0.1, 0.15) is 28.7 Å². The van der Waals surface area contributed by atoms with Crippen LogP contribution in [-0.4, -0.2) is 92.0 Å². The van der Waals surface area contributed by atoms with Crippen LogP contribution in [0.15, 0.2) is 17.3 Å². The van der Waals surface area contributed by atoms with Crippen molar-refractivity contribution in [1.82, 2.24) is 24.8 Å². The smallest absolute Gasteiger partial charge is 0.407 e. The molecule has 6 rings (SSSR count). The lowest BCUT2D eigenvalue weighted by atomic mass is 9.95. The van der Waals surface area contributed by atoms with E-state index in [0.29, 0.717) is 43.6 Å². The van der Waals surface area contributed by atoms with E-state index in [1.807, 2.05) is 4.90 Å². The van der Waals surface area contributed by atoms with Crippen molar-refractivity contribution in [2.45, 2.75) is 61.9 Å². The van der Waals surface area contributed by atoms with E-state index in [0.717, 1.165) is 19.4 Å². The molecule has 4 fully saturated rings. The zero-order valence-corrected chi connectivity index (χ0v) is 22.3. The van der Waals surface area contributed by atoms with E-state index in [9.17, 15) is 14.3 Å². The molecule has 9 nitrogen and oxygen atoms in total. The second-order valence-corrected chi connectivity index (χ2v) is 11.4. The zero-order valence-electron chi connectivity index (χ0n) is 19.9. The van der Waals surface area contributed by atoms with Crippen LogP contribution in [0.25, 0.3) is 10.9 Å². The van der Waals surface area contributed by atoms with E-state index in [1.54, 1.807) is 6.08 Å². The number of rotatable bonds is 5. The quantitative estimate of drug-likeness (QED) is 0.399. The summed E-state index contributed by atoms with van der Waals surface area (Å²) in [5.74, 6) is -0.446.